The number of hydrogen-bond acceptors (Lipinski definition) is 6. The lowest BCUT2D eigenvalue weighted by atomic mass is 10.1. The third-order valence-electron chi connectivity index (χ3n) is 5.90. The highest BCUT2D eigenvalue weighted by atomic mass is 16.6. The lowest BCUT2D eigenvalue weighted by Crippen LogP contribution is -2.38. The largest absolute Gasteiger partial charge is 0.465 e. The highest BCUT2D eigenvalue weighted by molar-refractivity contribution is 5.95. The zero-order valence-corrected chi connectivity index (χ0v) is 20.8. The summed E-state index contributed by atoms with van der Waals surface area (Å²) in [6, 6.07) is 20.0. The van der Waals surface area contributed by atoms with Gasteiger partial charge in [-0.05, 0) is 50.1 Å². The number of nitrogens with zero attached hydrogens (tertiary/aromatic N) is 2. The van der Waals surface area contributed by atoms with Crippen LogP contribution in [0.15, 0.2) is 66.7 Å². The standard InChI is InChI=1S/C28H29N5O4/c1-3-36-25(34)17-33(21-7-5-4-6-8-21)28(35)37-23-15-14-22-26(18(23)2)32-24(31-22)16-11-19-9-12-20(13-10-19)27(29)30/h4-10,12-15H,3,11,16-17H2,1-2H3,(H3,29,30)(H,31,32). The molecule has 0 bridgehead atoms. The van der Waals surface area contributed by atoms with Crippen molar-refractivity contribution in [2.75, 3.05) is 18.1 Å². The third-order valence-corrected chi connectivity index (χ3v) is 5.90. The van der Waals surface area contributed by atoms with Gasteiger partial charge in [0.25, 0.3) is 0 Å². The fourth-order valence-corrected chi connectivity index (χ4v) is 3.94. The van der Waals surface area contributed by atoms with E-state index in [1.54, 1.807) is 37.3 Å². The highest BCUT2D eigenvalue weighted by Gasteiger charge is 2.23. The lowest BCUT2D eigenvalue weighted by Gasteiger charge is -2.21. The lowest BCUT2D eigenvalue weighted by molar-refractivity contribution is -0.141. The second-order valence-corrected chi connectivity index (χ2v) is 8.47. The summed E-state index contributed by atoms with van der Waals surface area (Å²) in [6.45, 7) is 3.51. The van der Waals surface area contributed by atoms with E-state index in [0.29, 0.717) is 34.5 Å². The number of benzene rings is 3. The van der Waals surface area contributed by atoms with E-state index in [4.69, 9.17) is 25.6 Å². The highest BCUT2D eigenvalue weighted by Crippen LogP contribution is 2.27. The molecule has 0 aliphatic carbocycles. The number of anilines is 1. The van der Waals surface area contributed by atoms with Crippen LogP contribution in [0.4, 0.5) is 10.5 Å². The summed E-state index contributed by atoms with van der Waals surface area (Å²) >= 11 is 0. The molecule has 1 amide bonds. The van der Waals surface area contributed by atoms with Gasteiger partial charge in [0.15, 0.2) is 0 Å². The van der Waals surface area contributed by atoms with Crippen LogP contribution in [-0.4, -0.2) is 41.0 Å². The van der Waals surface area contributed by atoms with E-state index in [9.17, 15) is 9.59 Å². The predicted molar refractivity (Wildman–Crippen MR) is 142 cm³/mol. The molecule has 9 nitrogen and oxygen atoms in total. The van der Waals surface area contributed by atoms with Crippen molar-refractivity contribution in [2.24, 2.45) is 5.73 Å². The molecule has 4 aromatic rings. The Morgan fingerprint density at radius 3 is 2.43 bits per heavy atom. The topological polar surface area (TPSA) is 134 Å². The number of para-hydroxylation sites is 1. The number of carbonyl (C=O) groups is 2. The number of nitrogens with two attached hydrogens (primary N) is 1. The normalized spacial score (nSPS) is 10.8. The smallest absolute Gasteiger partial charge is 0.420 e. The van der Waals surface area contributed by atoms with Crippen molar-refractivity contribution >= 4 is 34.6 Å². The molecule has 4 rings (SSSR count). The maximum absolute atomic E-state index is 13.1. The summed E-state index contributed by atoms with van der Waals surface area (Å²) < 4.78 is 10.7. The molecule has 3 aromatic carbocycles. The molecular formula is C28H29N5O4. The molecule has 1 aromatic heterocycles. The maximum Gasteiger partial charge on any atom is 0.420 e. The molecule has 4 N–H and O–H groups in total. The number of aromatic amines is 1. The van der Waals surface area contributed by atoms with Gasteiger partial charge in [-0.1, -0.05) is 42.5 Å². The van der Waals surface area contributed by atoms with Gasteiger partial charge in [0.05, 0.1) is 17.6 Å². The van der Waals surface area contributed by atoms with Crippen LogP contribution < -0.4 is 15.4 Å². The van der Waals surface area contributed by atoms with Gasteiger partial charge >= 0.3 is 12.1 Å². The molecule has 0 atom stereocenters. The molecule has 37 heavy (non-hydrogen) atoms. The Balaban J connectivity index is 1.50. The van der Waals surface area contributed by atoms with E-state index >= 15 is 0 Å². The molecular weight excluding hydrogens is 470 g/mol. The van der Waals surface area contributed by atoms with Gasteiger partial charge in [0.2, 0.25) is 0 Å². The minimum atomic E-state index is -0.688. The Morgan fingerprint density at radius 1 is 1.03 bits per heavy atom. The summed E-state index contributed by atoms with van der Waals surface area (Å²) in [6.07, 6.45) is 0.759. The first kappa shape index (κ1) is 25.4. The predicted octanol–water partition coefficient (Wildman–Crippen LogP) is 4.51. The first-order valence-electron chi connectivity index (χ1n) is 12.0. The van der Waals surface area contributed by atoms with Crippen LogP contribution in [0.2, 0.25) is 0 Å². The summed E-state index contributed by atoms with van der Waals surface area (Å²) in [4.78, 5) is 34.6. The fourth-order valence-electron chi connectivity index (χ4n) is 3.94. The average Bonchev–Trinajstić information content (AvgIpc) is 3.32. The molecule has 0 aliphatic rings. The van der Waals surface area contributed by atoms with Crippen molar-refractivity contribution in [3.63, 3.8) is 0 Å². The van der Waals surface area contributed by atoms with E-state index in [1.807, 2.05) is 43.3 Å². The number of rotatable bonds is 9. The summed E-state index contributed by atoms with van der Waals surface area (Å²) in [5.41, 5.74) is 10.1. The first-order chi connectivity index (χ1) is 17.9. The number of aromatic nitrogens is 2. The van der Waals surface area contributed by atoms with Crippen molar-refractivity contribution in [3.05, 3.63) is 89.2 Å². The van der Waals surface area contributed by atoms with Crippen molar-refractivity contribution in [1.82, 2.24) is 9.97 Å². The van der Waals surface area contributed by atoms with Crippen LogP contribution in [0.5, 0.6) is 5.75 Å². The van der Waals surface area contributed by atoms with Crippen LogP contribution in [0.1, 0.15) is 29.4 Å². The van der Waals surface area contributed by atoms with Gasteiger partial charge in [-0.25, -0.2) is 9.78 Å². The zero-order chi connectivity index (χ0) is 26.4. The van der Waals surface area contributed by atoms with Gasteiger partial charge < -0.3 is 20.2 Å². The fraction of sp³-hybridized carbons (Fsp3) is 0.214. The SMILES string of the molecule is CCOC(=O)CN(C(=O)Oc1ccc2[nH]c(CCc3ccc(C(=N)N)cc3)nc2c1C)c1ccccc1. The second-order valence-electron chi connectivity index (χ2n) is 8.47. The molecule has 0 saturated heterocycles. The monoisotopic (exact) mass is 499 g/mol. The zero-order valence-electron chi connectivity index (χ0n) is 20.8. The number of imidazole rings is 1. The minimum Gasteiger partial charge on any atom is -0.465 e. The summed E-state index contributed by atoms with van der Waals surface area (Å²) in [7, 11) is 0. The van der Waals surface area contributed by atoms with E-state index in [0.717, 1.165) is 23.3 Å². The van der Waals surface area contributed by atoms with Crippen LogP contribution in [0.3, 0.4) is 0 Å². The minimum absolute atomic E-state index is 0.0450. The number of nitrogens with one attached hydrogen (secondary N) is 2. The first-order valence-corrected chi connectivity index (χ1v) is 12.0. The quantitative estimate of drug-likeness (QED) is 0.176. The molecule has 0 aliphatic heterocycles. The number of amides is 1. The van der Waals surface area contributed by atoms with Crippen molar-refractivity contribution < 1.29 is 19.1 Å². The molecule has 0 fully saturated rings. The van der Waals surface area contributed by atoms with E-state index < -0.39 is 12.1 Å². The number of carbonyl (C=O) groups excluding carboxylic acids is 2. The summed E-state index contributed by atoms with van der Waals surface area (Å²) in [5, 5.41) is 7.51. The number of hydrogen-bond donors (Lipinski definition) is 3. The van der Waals surface area contributed by atoms with E-state index in [-0.39, 0.29) is 19.0 Å². The number of amidine groups is 1. The molecule has 0 unspecified atom stereocenters. The second kappa shape index (κ2) is 11.4. The molecule has 0 spiro atoms. The van der Waals surface area contributed by atoms with Crippen molar-refractivity contribution in [3.8, 4) is 5.75 Å². The van der Waals surface area contributed by atoms with Crippen LogP contribution in [0, 0.1) is 12.3 Å². The number of H-pyrrole nitrogens is 1. The van der Waals surface area contributed by atoms with Gasteiger partial charge in [0, 0.05) is 23.2 Å². The number of ether oxygens (including phenoxy) is 2. The van der Waals surface area contributed by atoms with Crippen LogP contribution >= 0.6 is 0 Å². The molecule has 190 valence electrons. The Hall–Kier alpha value is -4.66. The molecule has 1 heterocycles. The Bertz CT molecular complexity index is 1410. The van der Waals surface area contributed by atoms with E-state index in [2.05, 4.69) is 4.98 Å². The third kappa shape index (κ3) is 6.13. The van der Waals surface area contributed by atoms with Gasteiger partial charge in [0.1, 0.15) is 24.0 Å². The van der Waals surface area contributed by atoms with Crippen LogP contribution in [0.25, 0.3) is 11.0 Å². The Labute approximate surface area is 214 Å². The summed E-state index contributed by atoms with van der Waals surface area (Å²) in [5.74, 6) is 0.692. The molecule has 9 heteroatoms. The number of nitrogen functional groups attached to an aromatic ring is 1. The maximum atomic E-state index is 13.1. The van der Waals surface area contributed by atoms with Gasteiger partial charge in [-0.2, -0.15) is 0 Å². The van der Waals surface area contributed by atoms with Gasteiger partial charge in [-0.15, -0.1) is 0 Å². The van der Waals surface area contributed by atoms with Crippen molar-refractivity contribution in [1.29, 1.82) is 5.41 Å². The van der Waals surface area contributed by atoms with Crippen molar-refractivity contribution in [2.45, 2.75) is 26.7 Å². The number of aryl methyl sites for hydroxylation is 3. The average molecular weight is 500 g/mol. The molecule has 0 radical (unpaired) electrons. The Kier molecular flexibility index (Phi) is 7.83. The van der Waals surface area contributed by atoms with Gasteiger partial charge in [-0.3, -0.25) is 15.1 Å². The number of fused-ring (bicyclic) bond motifs is 1. The Morgan fingerprint density at radius 2 is 1.76 bits per heavy atom. The van der Waals surface area contributed by atoms with E-state index in [1.165, 1.54) is 4.90 Å². The number of esters is 1. The molecule has 0 saturated carbocycles. The van der Waals surface area contributed by atoms with Crippen LogP contribution in [-0.2, 0) is 22.4 Å².